The second kappa shape index (κ2) is 11.2. The number of halogens is 1. The number of carbonyl (C=O) groups is 1. The van der Waals surface area contributed by atoms with Crippen molar-refractivity contribution >= 4 is 57.6 Å². The van der Waals surface area contributed by atoms with Gasteiger partial charge in [0.05, 0.1) is 26.9 Å². The summed E-state index contributed by atoms with van der Waals surface area (Å²) < 4.78 is 0. The maximum Gasteiger partial charge on any atom is 0.270 e. The molecule has 0 aliphatic carbocycles. The van der Waals surface area contributed by atoms with Crippen LogP contribution in [-0.4, -0.2) is 42.1 Å². The SMILES string of the molecule is CC1CCN(c2ccc([N+](=O)[O-])cc2C(=O)NC(=S)Nc2ccc(N3CCCCC3)c(Cl)c2)CC1. The zero-order valence-electron chi connectivity index (χ0n) is 19.8. The van der Waals surface area contributed by atoms with E-state index in [0.29, 0.717) is 22.3 Å². The Bertz CT molecular complexity index is 1110. The van der Waals surface area contributed by atoms with Crippen molar-refractivity contribution in [3.8, 4) is 0 Å². The predicted molar refractivity (Wildman–Crippen MR) is 145 cm³/mol. The topological polar surface area (TPSA) is 90.7 Å². The van der Waals surface area contributed by atoms with E-state index in [-0.39, 0.29) is 16.4 Å². The van der Waals surface area contributed by atoms with Crippen LogP contribution < -0.4 is 20.4 Å². The molecule has 0 atom stereocenters. The molecule has 186 valence electrons. The summed E-state index contributed by atoms with van der Waals surface area (Å²) in [6.07, 6.45) is 5.56. The minimum Gasteiger partial charge on any atom is -0.371 e. The Hall–Kier alpha value is -2.91. The van der Waals surface area contributed by atoms with Gasteiger partial charge in [-0.3, -0.25) is 20.2 Å². The number of thiocarbonyl (C=S) groups is 1. The molecular weight excluding hydrogens is 486 g/mol. The number of nitrogens with one attached hydrogen (secondary N) is 2. The van der Waals surface area contributed by atoms with Crippen LogP contribution >= 0.6 is 23.8 Å². The van der Waals surface area contributed by atoms with Crippen LogP contribution in [0, 0.1) is 16.0 Å². The van der Waals surface area contributed by atoms with Gasteiger partial charge in [0, 0.05) is 44.0 Å². The molecule has 2 saturated heterocycles. The summed E-state index contributed by atoms with van der Waals surface area (Å²) in [4.78, 5) is 28.4. The quantitative estimate of drug-likeness (QED) is 0.304. The first kappa shape index (κ1) is 25.2. The Balaban J connectivity index is 1.47. The fourth-order valence-electron chi connectivity index (χ4n) is 4.65. The second-order valence-electron chi connectivity index (χ2n) is 9.25. The number of piperidine rings is 2. The normalized spacial score (nSPS) is 16.6. The molecule has 2 aliphatic rings. The number of hydrogen-bond acceptors (Lipinski definition) is 6. The maximum atomic E-state index is 13.2. The van der Waals surface area contributed by atoms with Gasteiger partial charge in [-0.15, -0.1) is 0 Å². The number of carbonyl (C=O) groups excluding carboxylic acids is 1. The molecule has 2 aliphatic heterocycles. The first-order valence-electron chi connectivity index (χ1n) is 12.0. The Morgan fingerprint density at radius 3 is 2.34 bits per heavy atom. The van der Waals surface area contributed by atoms with Crippen LogP contribution in [0.4, 0.5) is 22.7 Å². The molecule has 0 unspecified atom stereocenters. The fraction of sp³-hybridized carbons (Fsp3) is 0.440. The number of hydrogen-bond donors (Lipinski definition) is 2. The standard InChI is InChI=1S/C25H30ClN5O3S/c1-17-9-13-30(14-10-17)22-8-6-19(31(33)34)16-20(22)24(32)28-25(35)27-18-5-7-23(21(26)15-18)29-11-3-2-4-12-29/h5-8,15-17H,2-4,9-14H2,1H3,(H2,27,28,32,35). The van der Waals surface area contributed by atoms with Crippen LogP contribution in [0.5, 0.6) is 0 Å². The van der Waals surface area contributed by atoms with Gasteiger partial charge in [0.1, 0.15) is 0 Å². The lowest BCUT2D eigenvalue weighted by atomic mass is 9.98. The summed E-state index contributed by atoms with van der Waals surface area (Å²) in [6, 6.07) is 10.0. The van der Waals surface area contributed by atoms with E-state index in [9.17, 15) is 14.9 Å². The summed E-state index contributed by atoms with van der Waals surface area (Å²) in [6.45, 7) is 5.77. The molecule has 8 nitrogen and oxygen atoms in total. The summed E-state index contributed by atoms with van der Waals surface area (Å²) >= 11 is 11.9. The lowest BCUT2D eigenvalue weighted by molar-refractivity contribution is -0.384. The number of nitro benzene ring substituents is 1. The van der Waals surface area contributed by atoms with E-state index < -0.39 is 10.8 Å². The minimum absolute atomic E-state index is 0.0986. The molecule has 0 saturated carbocycles. The third kappa shape index (κ3) is 6.21. The molecule has 10 heteroatoms. The monoisotopic (exact) mass is 515 g/mol. The first-order chi connectivity index (χ1) is 16.8. The van der Waals surface area contributed by atoms with E-state index in [4.69, 9.17) is 23.8 Å². The van der Waals surface area contributed by atoms with Crippen LogP contribution in [0.1, 0.15) is 49.4 Å². The van der Waals surface area contributed by atoms with Crippen LogP contribution in [0.15, 0.2) is 36.4 Å². The molecule has 2 aromatic rings. The molecule has 0 radical (unpaired) electrons. The van der Waals surface area contributed by atoms with Gasteiger partial charge >= 0.3 is 0 Å². The van der Waals surface area contributed by atoms with Gasteiger partial charge in [0.15, 0.2) is 5.11 Å². The molecule has 4 rings (SSSR count). The molecule has 2 aromatic carbocycles. The Morgan fingerprint density at radius 2 is 1.69 bits per heavy atom. The van der Waals surface area contributed by atoms with E-state index in [1.54, 1.807) is 12.1 Å². The number of anilines is 3. The van der Waals surface area contributed by atoms with Crippen LogP contribution in [0.3, 0.4) is 0 Å². The van der Waals surface area contributed by atoms with E-state index >= 15 is 0 Å². The molecular formula is C25H30ClN5O3S. The van der Waals surface area contributed by atoms with Gasteiger partial charge in [-0.05, 0) is 74.5 Å². The maximum absolute atomic E-state index is 13.2. The third-order valence-corrected chi connectivity index (χ3v) is 7.20. The highest BCUT2D eigenvalue weighted by atomic mass is 35.5. The molecule has 0 aromatic heterocycles. The second-order valence-corrected chi connectivity index (χ2v) is 10.1. The van der Waals surface area contributed by atoms with Gasteiger partial charge < -0.3 is 15.1 Å². The van der Waals surface area contributed by atoms with Gasteiger partial charge in [0.2, 0.25) is 0 Å². The van der Waals surface area contributed by atoms with E-state index in [1.807, 2.05) is 12.1 Å². The minimum atomic E-state index is -0.499. The molecule has 0 spiro atoms. The van der Waals surface area contributed by atoms with Crippen molar-refractivity contribution in [2.45, 2.75) is 39.0 Å². The highest BCUT2D eigenvalue weighted by Crippen LogP contribution is 2.31. The highest BCUT2D eigenvalue weighted by Gasteiger charge is 2.24. The van der Waals surface area contributed by atoms with E-state index in [0.717, 1.165) is 57.5 Å². The summed E-state index contributed by atoms with van der Waals surface area (Å²) in [5.41, 5.74) is 2.42. The zero-order chi connectivity index (χ0) is 24.9. The molecule has 2 fully saturated rings. The molecule has 1 amide bonds. The fourth-order valence-corrected chi connectivity index (χ4v) is 5.16. The van der Waals surface area contributed by atoms with E-state index in [2.05, 4.69) is 27.4 Å². The van der Waals surface area contributed by atoms with Crippen molar-refractivity contribution in [3.63, 3.8) is 0 Å². The lowest BCUT2D eigenvalue weighted by Gasteiger charge is -2.33. The van der Waals surface area contributed by atoms with Crippen molar-refractivity contribution in [3.05, 3.63) is 57.1 Å². The van der Waals surface area contributed by atoms with Crippen molar-refractivity contribution in [1.29, 1.82) is 0 Å². The third-order valence-electron chi connectivity index (χ3n) is 6.69. The number of amides is 1. The smallest absolute Gasteiger partial charge is 0.270 e. The van der Waals surface area contributed by atoms with Crippen LogP contribution in [0.2, 0.25) is 5.02 Å². The number of nitrogens with zero attached hydrogens (tertiary/aromatic N) is 3. The highest BCUT2D eigenvalue weighted by molar-refractivity contribution is 7.80. The molecule has 0 bridgehead atoms. The molecule has 2 heterocycles. The first-order valence-corrected chi connectivity index (χ1v) is 12.8. The average molecular weight is 516 g/mol. The molecule has 35 heavy (non-hydrogen) atoms. The number of rotatable bonds is 5. The summed E-state index contributed by atoms with van der Waals surface area (Å²) in [5.74, 6) is 0.127. The van der Waals surface area contributed by atoms with Crippen LogP contribution in [0.25, 0.3) is 0 Å². The van der Waals surface area contributed by atoms with Gasteiger partial charge in [-0.25, -0.2) is 0 Å². The van der Waals surface area contributed by atoms with Crippen molar-refractivity contribution in [1.82, 2.24) is 5.32 Å². The molecule has 2 N–H and O–H groups in total. The van der Waals surface area contributed by atoms with Gasteiger partial charge in [-0.2, -0.15) is 0 Å². The predicted octanol–water partition coefficient (Wildman–Crippen LogP) is 5.60. The number of nitro groups is 1. The van der Waals surface area contributed by atoms with Gasteiger partial charge in [-0.1, -0.05) is 18.5 Å². The summed E-state index contributed by atoms with van der Waals surface area (Å²) in [7, 11) is 0. The van der Waals surface area contributed by atoms with Crippen LogP contribution in [-0.2, 0) is 0 Å². The number of benzene rings is 2. The van der Waals surface area contributed by atoms with Crippen molar-refractivity contribution < 1.29 is 9.72 Å². The zero-order valence-corrected chi connectivity index (χ0v) is 21.3. The van der Waals surface area contributed by atoms with Crippen molar-refractivity contribution in [2.75, 3.05) is 41.3 Å². The van der Waals surface area contributed by atoms with Gasteiger partial charge in [0.25, 0.3) is 11.6 Å². The Labute approximate surface area is 215 Å². The largest absolute Gasteiger partial charge is 0.371 e. The van der Waals surface area contributed by atoms with E-state index in [1.165, 1.54) is 18.6 Å². The lowest BCUT2D eigenvalue weighted by Crippen LogP contribution is -2.37. The van der Waals surface area contributed by atoms with Crippen molar-refractivity contribution in [2.24, 2.45) is 5.92 Å². The summed E-state index contributed by atoms with van der Waals surface area (Å²) in [5, 5.41) is 17.7. The average Bonchev–Trinajstić information content (AvgIpc) is 2.84. The Morgan fingerprint density at radius 1 is 1.03 bits per heavy atom. The number of non-ortho nitro benzene ring substituents is 1. The Kier molecular flexibility index (Phi) is 8.07.